The fourth-order valence-electron chi connectivity index (χ4n) is 1.33. The van der Waals surface area contributed by atoms with Gasteiger partial charge in [-0.25, -0.2) is 0 Å². The molecule has 1 unspecified atom stereocenters. The molecule has 1 aliphatic heterocycles. The molecule has 0 spiro atoms. The Balaban J connectivity index is 2.30. The summed E-state index contributed by atoms with van der Waals surface area (Å²) in [6, 6.07) is 0. The van der Waals surface area contributed by atoms with E-state index in [2.05, 4.69) is 15.9 Å². The molecule has 1 saturated heterocycles. The van der Waals surface area contributed by atoms with Gasteiger partial charge in [-0.1, -0.05) is 22.0 Å². The van der Waals surface area contributed by atoms with Gasteiger partial charge in [-0.2, -0.15) is 0 Å². The molecule has 1 atom stereocenters. The summed E-state index contributed by atoms with van der Waals surface area (Å²) in [5.74, 6) is 1.04. The molecular weight excluding hydrogens is 208 g/mol. The Morgan fingerprint density at radius 2 is 2.45 bits per heavy atom. The Bertz CT molecular complexity index is 265. The number of ether oxygens (including phenoxy) is 1. The first-order valence-electron chi connectivity index (χ1n) is 3.50. The average Bonchev–Trinajstić information content (AvgIpc) is 2.32. The molecule has 0 bridgehead atoms. The van der Waals surface area contributed by atoms with E-state index in [1.54, 1.807) is 0 Å². The molecule has 0 amide bonds. The van der Waals surface area contributed by atoms with Gasteiger partial charge in [0.1, 0.15) is 12.4 Å². The van der Waals surface area contributed by atoms with Crippen molar-refractivity contribution < 1.29 is 9.53 Å². The molecule has 1 fully saturated rings. The maximum absolute atomic E-state index is 11.1. The summed E-state index contributed by atoms with van der Waals surface area (Å²) in [5.41, 5.74) is 0. The summed E-state index contributed by atoms with van der Waals surface area (Å²) in [5, 5.41) is 0. The topological polar surface area (TPSA) is 26.3 Å². The van der Waals surface area contributed by atoms with E-state index in [4.69, 9.17) is 4.74 Å². The quantitative estimate of drug-likeness (QED) is 0.615. The minimum Gasteiger partial charge on any atom is -0.489 e. The molecule has 2 aliphatic rings. The van der Waals surface area contributed by atoms with Crippen molar-refractivity contribution in [3.63, 3.8) is 0 Å². The van der Waals surface area contributed by atoms with Gasteiger partial charge in [0, 0.05) is 4.48 Å². The third-order valence-electron chi connectivity index (χ3n) is 1.94. The lowest BCUT2D eigenvalue weighted by Gasteiger charge is -2.10. The number of ketones is 1. The Kier molecular flexibility index (Phi) is 1.60. The SMILES string of the molecule is O=C1COC2=CC(Br)=CCC12. The highest BCUT2D eigenvalue weighted by Crippen LogP contribution is 2.32. The van der Waals surface area contributed by atoms with Gasteiger partial charge in [-0.05, 0) is 12.5 Å². The third-order valence-corrected chi connectivity index (χ3v) is 2.49. The first-order chi connectivity index (χ1) is 5.27. The van der Waals surface area contributed by atoms with E-state index in [-0.39, 0.29) is 18.3 Å². The van der Waals surface area contributed by atoms with Gasteiger partial charge in [0.05, 0.1) is 5.92 Å². The minimum atomic E-state index is 0.0105. The van der Waals surface area contributed by atoms with Crippen LogP contribution in [0.15, 0.2) is 22.4 Å². The minimum absolute atomic E-state index is 0.0105. The second-order valence-corrected chi connectivity index (χ2v) is 3.59. The van der Waals surface area contributed by atoms with Crippen molar-refractivity contribution in [3.05, 3.63) is 22.4 Å². The van der Waals surface area contributed by atoms with Crippen molar-refractivity contribution in [1.82, 2.24) is 0 Å². The fraction of sp³-hybridized carbons (Fsp3) is 0.375. The van der Waals surface area contributed by atoms with Crippen LogP contribution in [0.2, 0.25) is 0 Å². The van der Waals surface area contributed by atoms with Crippen LogP contribution in [0.4, 0.5) is 0 Å². The van der Waals surface area contributed by atoms with Crippen molar-refractivity contribution in [2.45, 2.75) is 6.42 Å². The molecule has 1 aliphatic carbocycles. The summed E-state index contributed by atoms with van der Waals surface area (Å²) in [6.07, 6.45) is 4.66. The van der Waals surface area contributed by atoms with E-state index < -0.39 is 0 Å². The molecule has 0 saturated carbocycles. The van der Waals surface area contributed by atoms with Crippen LogP contribution in [0.3, 0.4) is 0 Å². The van der Waals surface area contributed by atoms with Gasteiger partial charge < -0.3 is 4.74 Å². The van der Waals surface area contributed by atoms with Gasteiger partial charge in [0.2, 0.25) is 0 Å². The highest BCUT2D eigenvalue weighted by Gasteiger charge is 2.32. The predicted octanol–water partition coefficient (Wildman–Crippen LogP) is 1.77. The molecule has 0 radical (unpaired) electrons. The normalized spacial score (nSPS) is 28.8. The zero-order chi connectivity index (χ0) is 7.84. The van der Waals surface area contributed by atoms with Crippen LogP contribution in [0.5, 0.6) is 0 Å². The molecule has 0 N–H and O–H groups in total. The van der Waals surface area contributed by atoms with Gasteiger partial charge in [-0.15, -0.1) is 0 Å². The molecule has 3 heteroatoms. The summed E-state index contributed by atoms with van der Waals surface area (Å²) >= 11 is 3.34. The zero-order valence-electron chi connectivity index (χ0n) is 5.84. The molecule has 1 heterocycles. The second-order valence-electron chi connectivity index (χ2n) is 2.68. The molecule has 0 aromatic rings. The summed E-state index contributed by atoms with van der Waals surface area (Å²) in [4.78, 5) is 11.1. The zero-order valence-corrected chi connectivity index (χ0v) is 7.43. The monoisotopic (exact) mass is 214 g/mol. The van der Waals surface area contributed by atoms with Gasteiger partial charge >= 0.3 is 0 Å². The van der Waals surface area contributed by atoms with E-state index >= 15 is 0 Å². The van der Waals surface area contributed by atoms with Crippen LogP contribution in [-0.4, -0.2) is 12.4 Å². The molecule has 0 aromatic heterocycles. The van der Waals surface area contributed by atoms with Crippen molar-refractivity contribution in [2.75, 3.05) is 6.61 Å². The highest BCUT2D eigenvalue weighted by atomic mass is 79.9. The molecule has 2 rings (SSSR count). The third kappa shape index (κ3) is 1.13. The van der Waals surface area contributed by atoms with Crippen LogP contribution in [-0.2, 0) is 9.53 Å². The number of hydrogen-bond acceptors (Lipinski definition) is 2. The van der Waals surface area contributed by atoms with Crippen LogP contribution in [0.25, 0.3) is 0 Å². The number of carbonyl (C=O) groups is 1. The number of hydrogen-bond donors (Lipinski definition) is 0. The van der Waals surface area contributed by atoms with Crippen LogP contribution in [0, 0.1) is 5.92 Å². The van der Waals surface area contributed by atoms with Crippen LogP contribution in [0.1, 0.15) is 6.42 Å². The maximum atomic E-state index is 11.1. The Morgan fingerprint density at radius 3 is 3.27 bits per heavy atom. The Morgan fingerprint density at radius 1 is 1.64 bits per heavy atom. The van der Waals surface area contributed by atoms with E-state index in [1.807, 2.05) is 12.2 Å². The molecule has 58 valence electrons. The predicted molar refractivity (Wildman–Crippen MR) is 44.2 cm³/mol. The number of Topliss-reactive ketones (excluding diaryl/α,β-unsaturated/α-hetero) is 1. The fourth-order valence-corrected chi connectivity index (χ4v) is 1.74. The van der Waals surface area contributed by atoms with E-state index in [0.717, 1.165) is 16.7 Å². The van der Waals surface area contributed by atoms with Crippen molar-refractivity contribution in [3.8, 4) is 0 Å². The number of allylic oxidation sites excluding steroid dienone is 4. The number of fused-ring (bicyclic) bond motifs is 1. The largest absolute Gasteiger partial charge is 0.489 e. The number of halogens is 1. The smallest absolute Gasteiger partial charge is 0.181 e. The lowest BCUT2D eigenvalue weighted by atomic mass is 9.97. The lowest BCUT2D eigenvalue weighted by Crippen LogP contribution is -2.10. The summed E-state index contributed by atoms with van der Waals surface area (Å²) in [6.45, 7) is 0.255. The van der Waals surface area contributed by atoms with Crippen LogP contribution >= 0.6 is 15.9 Å². The standard InChI is InChI=1S/C8H7BrO2/c9-5-1-2-6-7(10)4-11-8(6)3-5/h1,3,6H,2,4H2. The van der Waals surface area contributed by atoms with Crippen molar-refractivity contribution in [1.29, 1.82) is 0 Å². The Hall–Kier alpha value is -0.570. The second kappa shape index (κ2) is 2.48. The molecule has 11 heavy (non-hydrogen) atoms. The van der Waals surface area contributed by atoms with Crippen molar-refractivity contribution >= 4 is 21.7 Å². The maximum Gasteiger partial charge on any atom is 0.181 e. The van der Waals surface area contributed by atoms with Gasteiger partial charge in [0.25, 0.3) is 0 Å². The molecule has 0 aromatic carbocycles. The van der Waals surface area contributed by atoms with Crippen molar-refractivity contribution in [2.24, 2.45) is 5.92 Å². The van der Waals surface area contributed by atoms with Gasteiger partial charge in [0.15, 0.2) is 5.78 Å². The lowest BCUT2D eigenvalue weighted by molar-refractivity contribution is -0.120. The van der Waals surface area contributed by atoms with E-state index in [9.17, 15) is 4.79 Å². The Labute approximate surface area is 73.0 Å². The first-order valence-corrected chi connectivity index (χ1v) is 4.29. The average molecular weight is 215 g/mol. The van der Waals surface area contributed by atoms with E-state index in [1.165, 1.54) is 0 Å². The van der Waals surface area contributed by atoms with E-state index in [0.29, 0.717) is 0 Å². The summed E-state index contributed by atoms with van der Waals surface area (Å²) < 4.78 is 6.19. The molecule has 2 nitrogen and oxygen atoms in total. The highest BCUT2D eigenvalue weighted by molar-refractivity contribution is 9.11. The first kappa shape index (κ1) is 7.10. The number of carbonyl (C=O) groups excluding carboxylic acids is 1. The van der Waals surface area contributed by atoms with Gasteiger partial charge in [-0.3, -0.25) is 4.79 Å². The summed E-state index contributed by atoms with van der Waals surface area (Å²) in [7, 11) is 0. The molecular formula is C8H7BrO2. The van der Waals surface area contributed by atoms with Crippen LogP contribution < -0.4 is 0 Å². The number of rotatable bonds is 0.